The highest BCUT2D eigenvalue weighted by Crippen LogP contribution is 2.45. The summed E-state index contributed by atoms with van der Waals surface area (Å²) in [6, 6.07) is 10.6. The molecule has 3 N–H and O–H groups in total. The summed E-state index contributed by atoms with van der Waals surface area (Å²) in [6.45, 7) is 0.721. The molecule has 11 heteroatoms. The molecule has 6 rings (SSSR count). The number of nitrogens with one attached hydrogen (secondary N) is 1. The van der Waals surface area contributed by atoms with Crippen LogP contribution >= 0.6 is 0 Å². The van der Waals surface area contributed by atoms with Crippen molar-refractivity contribution in [2.45, 2.75) is 55.8 Å². The Morgan fingerprint density at radius 2 is 1.85 bits per heavy atom. The third-order valence-electron chi connectivity index (χ3n) is 8.19. The molecule has 40 heavy (non-hydrogen) atoms. The molecule has 0 saturated carbocycles. The molecule has 2 amide bonds. The van der Waals surface area contributed by atoms with Gasteiger partial charge in [-0.1, -0.05) is 18.2 Å². The van der Waals surface area contributed by atoms with Gasteiger partial charge < -0.3 is 20.1 Å². The molecule has 4 atom stereocenters. The van der Waals surface area contributed by atoms with Crippen LogP contribution in [0.4, 0.5) is 24.2 Å². The number of benzene rings is 1. The van der Waals surface area contributed by atoms with Crippen LogP contribution in [0.25, 0.3) is 0 Å². The molecule has 208 valence electrons. The molecule has 0 radical (unpaired) electrons. The standard InChI is InChI=1S/C29H29F2N5O4/c30-21-8-1-5-17(23(21)31)18-9-10-22(25-19(24(18)32)6-2-13-33-25)39-28(38)36-15-4-11-29(12-16-36)20-7-3-14-34-26(20)35-27(37)40-29/h1-3,5-8,13-14,18,22,24H,4,9-12,15-16,32H2,(H,34,35,37)/t18-,22+,24-,29+/m0/s1. The maximum Gasteiger partial charge on any atom is 0.413 e. The first-order chi connectivity index (χ1) is 19.4. The van der Waals surface area contributed by atoms with Crippen molar-refractivity contribution in [3.8, 4) is 0 Å². The summed E-state index contributed by atoms with van der Waals surface area (Å²) in [7, 11) is 0. The molecule has 2 aliphatic heterocycles. The number of likely N-dealkylation sites (tertiary alicyclic amines) is 1. The van der Waals surface area contributed by atoms with E-state index in [0.717, 1.165) is 11.6 Å². The number of fused-ring (bicyclic) bond motifs is 3. The van der Waals surface area contributed by atoms with Crippen LogP contribution in [0.3, 0.4) is 0 Å². The number of pyridine rings is 2. The van der Waals surface area contributed by atoms with Gasteiger partial charge in [-0.15, -0.1) is 0 Å². The van der Waals surface area contributed by atoms with Gasteiger partial charge in [-0.3, -0.25) is 10.3 Å². The summed E-state index contributed by atoms with van der Waals surface area (Å²) >= 11 is 0. The molecule has 3 aliphatic rings. The molecule has 1 spiro atoms. The number of amides is 2. The van der Waals surface area contributed by atoms with Crippen LogP contribution in [0.15, 0.2) is 54.9 Å². The molecule has 4 heterocycles. The Morgan fingerprint density at radius 1 is 1.05 bits per heavy atom. The Kier molecular flexibility index (Phi) is 6.83. The number of ether oxygens (including phenoxy) is 2. The van der Waals surface area contributed by atoms with E-state index in [9.17, 15) is 18.4 Å². The minimum absolute atomic E-state index is 0.193. The van der Waals surface area contributed by atoms with Gasteiger partial charge in [0.05, 0.1) is 5.69 Å². The van der Waals surface area contributed by atoms with Gasteiger partial charge in [0.1, 0.15) is 17.5 Å². The number of rotatable bonds is 2. The minimum atomic E-state index is -0.930. The number of anilines is 1. The molecule has 2 aromatic heterocycles. The number of nitrogens with two attached hydrogens (primary N) is 1. The van der Waals surface area contributed by atoms with E-state index in [2.05, 4.69) is 15.3 Å². The van der Waals surface area contributed by atoms with Gasteiger partial charge in [-0.25, -0.2) is 23.4 Å². The summed E-state index contributed by atoms with van der Waals surface area (Å²) in [5.74, 6) is -1.90. The molecule has 0 bridgehead atoms. The number of carbonyl (C=O) groups is 2. The van der Waals surface area contributed by atoms with Crippen LogP contribution in [0.2, 0.25) is 0 Å². The number of aromatic nitrogens is 2. The van der Waals surface area contributed by atoms with Crippen molar-refractivity contribution in [1.82, 2.24) is 14.9 Å². The van der Waals surface area contributed by atoms with Crippen LogP contribution in [-0.2, 0) is 15.1 Å². The van der Waals surface area contributed by atoms with Gasteiger partial charge >= 0.3 is 12.2 Å². The average molecular weight is 550 g/mol. The number of hydrogen-bond acceptors (Lipinski definition) is 7. The van der Waals surface area contributed by atoms with Gasteiger partial charge in [0, 0.05) is 49.4 Å². The van der Waals surface area contributed by atoms with Crippen molar-refractivity contribution in [2.75, 3.05) is 18.4 Å². The zero-order valence-electron chi connectivity index (χ0n) is 21.7. The Hall–Kier alpha value is -4.12. The van der Waals surface area contributed by atoms with Crippen LogP contribution in [0.1, 0.15) is 72.6 Å². The van der Waals surface area contributed by atoms with Crippen LogP contribution in [-0.4, -0.2) is 40.1 Å². The lowest BCUT2D eigenvalue weighted by atomic mass is 9.86. The number of hydrogen-bond donors (Lipinski definition) is 2. The second kappa shape index (κ2) is 10.5. The lowest BCUT2D eigenvalue weighted by molar-refractivity contribution is -0.00174. The Balaban J connectivity index is 1.21. The highest BCUT2D eigenvalue weighted by atomic mass is 19.2. The van der Waals surface area contributed by atoms with E-state index < -0.39 is 47.5 Å². The topological polar surface area (TPSA) is 120 Å². The number of halogens is 2. The van der Waals surface area contributed by atoms with Gasteiger partial charge in [-0.2, -0.15) is 0 Å². The predicted molar refractivity (Wildman–Crippen MR) is 140 cm³/mol. The van der Waals surface area contributed by atoms with Crippen LogP contribution in [0, 0.1) is 11.6 Å². The molecular formula is C29H29F2N5O4. The molecule has 3 aromatic rings. The van der Waals surface area contributed by atoms with Crippen LogP contribution in [0.5, 0.6) is 0 Å². The van der Waals surface area contributed by atoms with E-state index in [1.54, 1.807) is 41.6 Å². The summed E-state index contributed by atoms with van der Waals surface area (Å²) in [6.07, 6.45) is 3.62. The fourth-order valence-electron chi connectivity index (χ4n) is 6.20. The normalized spacial score (nSPS) is 26.0. The first kappa shape index (κ1) is 26.1. The van der Waals surface area contributed by atoms with Crippen molar-refractivity contribution in [2.24, 2.45) is 5.73 Å². The molecule has 1 saturated heterocycles. The fourth-order valence-corrected chi connectivity index (χ4v) is 6.20. The molecule has 0 unspecified atom stereocenters. The predicted octanol–water partition coefficient (Wildman–Crippen LogP) is 5.45. The molecule has 1 fully saturated rings. The fraction of sp³-hybridized carbons (Fsp3) is 0.379. The van der Waals surface area contributed by atoms with Crippen molar-refractivity contribution in [1.29, 1.82) is 0 Å². The van der Waals surface area contributed by atoms with E-state index in [4.69, 9.17) is 15.2 Å². The minimum Gasteiger partial charge on any atom is -0.440 e. The largest absolute Gasteiger partial charge is 0.440 e. The number of nitrogens with zero attached hydrogens (tertiary/aromatic N) is 3. The zero-order chi connectivity index (χ0) is 27.9. The average Bonchev–Trinajstić information content (AvgIpc) is 3.24. The first-order valence-electron chi connectivity index (χ1n) is 13.4. The Bertz CT molecular complexity index is 1460. The summed E-state index contributed by atoms with van der Waals surface area (Å²) in [5.41, 5.74) is 7.84. The Morgan fingerprint density at radius 3 is 2.73 bits per heavy atom. The van der Waals surface area contributed by atoms with Crippen LogP contribution < -0.4 is 11.1 Å². The smallest absolute Gasteiger partial charge is 0.413 e. The van der Waals surface area contributed by atoms with Gasteiger partial charge in [-0.05, 0) is 61.1 Å². The van der Waals surface area contributed by atoms with Crippen molar-refractivity contribution >= 4 is 18.0 Å². The van der Waals surface area contributed by atoms with Gasteiger partial charge in [0.15, 0.2) is 11.6 Å². The van der Waals surface area contributed by atoms with E-state index >= 15 is 0 Å². The highest BCUT2D eigenvalue weighted by Gasteiger charge is 2.44. The summed E-state index contributed by atoms with van der Waals surface area (Å²) in [4.78, 5) is 36.1. The zero-order valence-corrected chi connectivity index (χ0v) is 21.7. The second-order valence-electron chi connectivity index (χ2n) is 10.5. The quantitative estimate of drug-likeness (QED) is 0.408. The lowest BCUT2D eigenvalue weighted by Gasteiger charge is -2.37. The second-order valence-corrected chi connectivity index (χ2v) is 10.5. The molecular weight excluding hydrogens is 520 g/mol. The van der Waals surface area contributed by atoms with Gasteiger partial charge in [0.25, 0.3) is 0 Å². The van der Waals surface area contributed by atoms with Crippen molar-refractivity contribution in [3.63, 3.8) is 0 Å². The molecule has 1 aliphatic carbocycles. The monoisotopic (exact) mass is 549 g/mol. The highest BCUT2D eigenvalue weighted by molar-refractivity contribution is 5.87. The van der Waals surface area contributed by atoms with E-state index in [0.29, 0.717) is 62.3 Å². The third kappa shape index (κ3) is 4.64. The number of carbonyl (C=O) groups excluding carboxylic acids is 2. The maximum atomic E-state index is 14.7. The van der Waals surface area contributed by atoms with Gasteiger partial charge in [0.2, 0.25) is 0 Å². The lowest BCUT2D eigenvalue weighted by Crippen LogP contribution is -2.41. The summed E-state index contributed by atoms with van der Waals surface area (Å²) < 4.78 is 40.6. The van der Waals surface area contributed by atoms with E-state index in [-0.39, 0.29) is 5.56 Å². The molecule has 9 nitrogen and oxygen atoms in total. The van der Waals surface area contributed by atoms with Crippen molar-refractivity contribution in [3.05, 3.63) is 88.9 Å². The SMILES string of the molecule is N[C@@H]1c2cccnc2[C@H](OC(=O)N2CCC[C@]3(CC2)OC(=O)Nc2ncccc23)CC[C@H]1c1cccc(F)c1F. The Labute approximate surface area is 229 Å². The van der Waals surface area contributed by atoms with E-state index in [1.165, 1.54) is 6.07 Å². The third-order valence-corrected chi connectivity index (χ3v) is 8.19. The first-order valence-corrected chi connectivity index (χ1v) is 13.4. The summed E-state index contributed by atoms with van der Waals surface area (Å²) in [5, 5.41) is 2.64. The maximum absolute atomic E-state index is 14.7. The van der Waals surface area contributed by atoms with Crippen molar-refractivity contribution < 1.29 is 27.8 Å². The van der Waals surface area contributed by atoms with E-state index in [1.807, 2.05) is 6.07 Å². The molecule has 1 aromatic carbocycles.